The third-order valence-electron chi connectivity index (χ3n) is 3.95. The standard InChI is InChI=1S/C17H17NO5/c1-2-10-3-4-12-11(8-16(20)23-14(12)7-10)9-22-17(21)13-5-6-15(19)18-13/h3-4,7-8,13H,2,5-6,9H2,1H3,(H,18,19)/t13-/m0/s1. The highest BCUT2D eigenvalue weighted by molar-refractivity contribution is 5.88. The van der Waals surface area contributed by atoms with Crippen molar-refractivity contribution in [3.05, 3.63) is 45.8 Å². The predicted molar refractivity (Wildman–Crippen MR) is 82.8 cm³/mol. The number of rotatable bonds is 4. The third kappa shape index (κ3) is 3.26. The quantitative estimate of drug-likeness (QED) is 0.685. The lowest BCUT2D eigenvalue weighted by Crippen LogP contribution is -2.34. The first-order valence-electron chi connectivity index (χ1n) is 7.58. The average molecular weight is 315 g/mol. The fourth-order valence-corrected chi connectivity index (χ4v) is 2.65. The Hall–Kier alpha value is -2.63. The van der Waals surface area contributed by atoms with Crippen LogP contribution in [0.4, 0.5) is 0 Å². The summed E-state index contributed by atoms with van der Waals surface area (Å²) < 4.78 is 10.5. The third-order valence-corrected chi connectivity index (χ3v) is 3.95. The van der Waals surface area contributed by atoms with Gasteiger partial charge in [-0.25, -0.2) is 9.59 Å². The fraction of sp³-hybridized carbons (Fsp3) is 0.353. The maximum atomic E-state index is 11.9. The van der Waals surface area contributed by atoms with E-state index >= 15 is 0 Å². The normalized spacial score (nSPS) is 17.3. The summed E-state index contributed by atoms with van der Waals surface area (Å²) in [6.07, 6.45) is 1.60. The number of aryl methyl sites for hydroxylation is 1. The van der Waals surface area contributed by atoms with E-state index in [9.17, 15) is 14.4 Å². The number of esters is 1. The summed E-state index contributed by atoms with van der Waals surface area (Å²) in [5.74, 6) is -0.632. The number of amides is 1. The predicted octanol–water partition coefficient (Wildman–Crippen LogP) is 1.68. The molecule has 120 valence electrons. The summed E-state index contributed by atoms with van der Waals surface area (Å²) in [5, 5.41) is 3.30. The van der Waals surface area contributed by atoms with Gasteiger partial charge in [-0.3, -0.25) is 4.79 Å². The van der Waals surface area contributed by atoms with Crippen LogP contribution in [0.1, 0.15) is 30.9 Å². The molecule has 6 heteroatoms. The summed E-state index contributed by atoms with van der Waals surface area (Å²) in [7, 11) is 0. The van der Waals surface area contributed by atoms with Crippen molar-refractivity contribution in [3.8, 4) is 0 Å². The maximum absolute atomic E-state index is 11.9. The first kappa shape index (κ1) is 15.3. The minimum atomic E-state index is -0.597. The molecule has 0 bridgehead atoms. The number of carbonyl (C=O) groups excluding carboxylic acids is 2. The van der Waals surface area contributed by atoms with Gasteiger partial charge in [0.05, 0.1) is 0 Å². The van der Waals surface area contributed by atoms with E-state index in [0.717, 1.165) is 17.4 Å². The Morgan fingerprint density at radius 1 is 1.35 bits per heavy atom. The largest absolute Gasteiger partial charge is 0.459 e. The minimum Gasteiger partial charge on any atom is -0.459 e. The molecule has 0 unspecified atom stereocenters. The lowest BCUT2D eigenvalue weighted by atomic mass is 10.1. The van der Waals surface area contributed by atoms with E-state index < -0.39 is 17.6 Å². The van der Waals surface area contributed by atoms with Crippen LogP contribution in [0.2, 0.25) is 0 Å². The second-order valence-corrected chi connectivity index (χ2v) is 5.54. The number of fused-ring (bicyclic) bond motifs is 1. The SMILES string of the molecule is CCc1ccc2c(COC(=O)[C@@H]3CCC(=O)N3)cc(=O)oc2c1. The zero-order valence-electron chi connectivity index (χ0n) is 12.8. The molecule has 1 fully saturated rings. The van der Waals surface area contributed by atoms with E-state index in [1.165, 1.54) is 6.07 Å². The Balaban J connectivity index is 1.81. The molecule has 1 atom stereocenters. The lowest BCUT2D eigenvalue weighted by Gasteiger charge is -2.11. The molecule has 1 amide bonds. The van der Waals surface area contributed by atoms with Crippen molar-refractivity contribution in [3.63, 3.8) is 0 Å². The minimum absolute atomic E-state index is 0.0290. The molecule has 0 aliphatic carbocycles. The van der Waals surface area contributed by atoms with Gasteiger partial charge in [-0.1, -0.05) is 19.1 Å². The summed E-state index contributed by atoms with van der Waals surface area (Å²) in [4.78, 5) is 34.8. The van der Waals surface area contributed by atoms with E-state index in [-0.39, 0.29) is 12.5 Å². The van der Waals surface area contributed by atoms with E-state index in [4.69, 9.17) is 9.15 Å². The van der Waals surface area contributed by atoms with Gasteiger partial charge in [0.25, 0.3) is 0 Å². The van der Waals surface area contributed by atoms with Gasteiger partial charge >= 0.3 is 11.6 Å². The molecule has 2 aromatic rings. The van der Waals surface area contributed by atoms with Crippen LogP contribution in [-0.2, 0) is 27.4 Å². The Labute approximate surface area is 132 Å². The molecular formula is C17H17NO5. The molecule has 0 radical (unpaired) electrons. The number of hydrogen-bond donors (Lipinski definition) is 1. The van der Waals surface area contributed by atoms with Crippen LogP contribution >= 0.6 is 0 Å². The number of benzene rings is 1. The second kappa shape index (κ2) is 6.24. The monoisotopic (exact) mass is 315 g/mol. The van der Waals surface area contributed by atoms with Crippen molar-refractivity contribution in [1.82, 2.24) is 5.32 Å². The van der Waals surface area contributed by atoms with Crippen LogP contribution < -0.4 is 10.9 Å². The molecule has 0 saturated carbocycles. The molecule has 3 rings (SSSR count). The lowest BCUT2D eigenvalue weighted by molar-refractivity contribution is -0.147. The Morgan fingerprint density at radius 2 is 2.17 bits per heavy atom. The molecule has 1 N–H and O–H groups in total. The van der Waals surface area contributed by atoms with Crippen molar-refractivity contribution in [2.75, 3.05) is 0 Å². The molecule has 1 aliphatic heterocycles. The highest BCUT2D eigenvalue weighted by Gasteiger charge is 2.28. The maximum Gasteiger partial charge on any atom is 0.336 e. The van der Waals surface area contributed by atoms with Gasteiger partial charge in [0.15, 0.2) is 0 Å². The molecule has 23 heavy (non-hydrogen) atoms. The number of nitrogens with one attached hydrogen (secondary N) is 1. The number of hydrogen-bond acceptors (Lipinski definition) is 5. The van der Waals surface area contributed by atoms with Crippen LogP contribution in [0.3, 0.4) is 0 Å². The van der Waals surface area contributed by atoms with Gasteiger partial charge in [0.2, 0.25) is 5.91 Å². The van der Waals surface area contributed by atoms with Crippen LogP contribution in [0.15, 0.2) is 33.5 Å². The summed E-state index contributed by atoms with van der Waals surface area (Å²) in [6, 6.07) is 6.36. The zero-order chi connectivity index (χ0) is 16.4. The van der Waals surface area contributed by atoms with Gasteiger partial charge in [-0.15, -0.1) is 0 Å². The van der Waals surface area contributed by atoms with E-state index in [1.807, 2.05) is 25.1 Å². The molecule has 1 aliphatic rings. The van der Waals surface area contributed by atoms with Crippen molar-refractivity contribution in [2.24, 2.45) is 0 Å². The topological polar surface area (TPSA) is 85.6 Å². The van der Waals surface area contributed by atoms with Crippen LogP contribution in [0.5, 0.6) is 0 Å². The van der Waals surface area contributed by atoms with Crippen molar-refractivity contribution >= 4 is 22.8 Å². The van der Waals surface area contributed by atoms with Gasteiger partial charge < -0.3 is 14.5 Å². The molecular weight excluding hydrogens is 298 g/mol. The Morgan fingerprint density at radius 3 is 2.87 bits per heavy atom. The van der Waals surface area contributed by atoms with E-state index in [0.29, 0.717) is 24.0 Å². The fourth-order valence-electron chi connectivity index (χ4n) is 2.65. The first-order chi connectivity index (χ1) is 11.1. The Bertz CT molecular complexity index is 823. The number of ether oxygens (including phenoxy) is 1. The molecule has 2 heterocycles. The Kier molecular flexibility index (Phi) is 4.14. The summed E-state index contributed by atoms with van der Waals surface area (Å²) >= 11 is 0. The molecule has 1 saturated heterocycles. The van der Waals surface area contributed by atoms with Crippen LogP contribution in [0, 0.1) is 0 Å². The van der Waals surface area contributed by atoms with Gasteiger partial charge in [0, 0.05) is 23.4 Å². The van der Waals surface area contributed by atoms with Gasteiger partial charge in [0.1, 0.15) is 18.2 Å². The highest BCUT2D eigenvalue weighted by Crippen LogP contribution is 2.20. The zero-order valence-corrected chi connectivity index (χ0v) is 12.8. The van der Waals surface area contributed by atoms with E-state index in [1.54, 1.807) is 0 Å². The van der Waals surface area contributed by atoms with Gasteiger partial charge in [-0.05, 0) is 24.5 Å². The highest BCUT2D eigenvalue weighted by atomic mass is 16.5. The number of carbonyl (C=O) groups is 2. The van der Waals surface area contributed by atoms with Crippen molar-refractivity contribution in [1.29, 1.82) is 0 Å². The molecule has 1 aromatic carbocycles. The van der Waals surface area contributed by atoms with Crippen molar-refractivity contribution in [2.45, 2.75) is 38.8 Å². The molecule has 1 aromatic heterocycles. The smallest absolute Gasteiger partial charge is 0.336 e. The summed E-state index contributed by atoms with van der Waals surface area (Å²) in [5.41, 5.74) is 1.66. The first-order valence-corrected chi connectivity index (χ1v) is 7.58. The van der Waals surface area contributed by atoms with Gasteiger partial charge in [-0.2, -0.15) is 0 Å². The van der Waals surface area contributed by atoms with E-state index in [2.05, 4.69) is 5.32 Å². The molecule has 6 nitrogen and oxygen atoms in total. The average Bonchev–Trinajstić information content (AvgIpc) is 2.98. The van der Waals surface area contributed by atoms with Crippen LogP contribution in [0.25, 0.3) is 11.0 Å². The van der Waals surface area contributed by atoms with Crippen LogP contribution in [-0.4, -0.2) is 17.9 Å². The molecule has 0 spiro atoms. The summed E-state index contributed by atoms with van der Waals surface area (Å²) in [6.45, 7) is 1.99. The van der Waals surface area contributed by atoms with Crippen molar-refractivity contribution < 1.29 is 18.7 Å². The second-order valence-electron chi connectivity index (χ2n) is 5.54.